The molecule has 0 bridgehead atoms. The zero-order chi connectivity index (χ0) is 11.0. The largest absolute Gasteiger partial charge is 0.497 e. The van der Waals surface area contributed by atoms with Gasteiger partial charge in [0.25, 0.3) is 0 Å². The standard InChI is InChI=1S/C8H8N2O.CH4N2/c1-11-7-3-2-6(5-9)8(10)4-7;2-1-3/h2-4H,10H2,1H3;1H,(H3,2,3). The van der Waals surface area contributed by atoms with E-state index in [9.17, 15) is 0 Å². The van der Waals surface area contributed by atoms with Gasteiger partial charge in [0.15, 0.2) is 0 Å². The first-order chi connectivity index (χ1) is 6.69. The molecule has 1 aromatic rings. The molecule has 1 aromatic carbocycles. The van der Waals surface area contributed by atoms with Crippen molar-refractivity contribution in [1.82, 2.24) is 0 Å². The lowest BCUT2D eigenvalue weighted by Crippen LogP contribution is -1.91. The fraction of sp³-hybridized carbons (Fsp3) is 0.111. The van der Waals surface area contributed by atoms with E-state index >= 15 is 0 Å². The second-order valence-corrected chi connectivity index (χ2v) is 2.23. The smallest absolute Gasteiger partial charge is 0.121 e. The van der Waals surface area contributed by atoms with Crippen LogP contribution in [0.15, 0.2) is 18.2 Å². The molecule has 0 aliphatic heterocycles. The number of nitriles is 1. The molecule has 0 unspecified atom stereocenters. The van der Waals surface area contributed by atoms with Crippen molar-refractivity contribution in [2.75, 3.05) is 12.8 Å². The summed E-state index contributed by atoms with van der Waals surface area (Å²) >= 11 is 0. The number of nitrogens with one attached hydrogen (secondary N) is 1. The molecule has 0 radical (unpaired) electrons. The summed E-state index contributed by atoms with van der Waals surface area (Å²) in [5, 5.41) is 14.4. The minimum atomic E-state index is 0.451. The monoisotopic (exact) mass is 192 g/mol. The first kappa shape index (κ1) is 11.8. The predicted octanol–water partition coefficient (Wildman–Crippen LogP) is 0.701. The van der Waals surface area contributed by atoms with Gasteiger partial charge in [0.2, 0.25) is 0 Å². The molecular formula is C9H12N4O. The van der Waals surface area contributed by atoms with Crippen LogP contribution in [0.2, 0.25) is 0 Å². The van der Waals surface area contributed by atoms with E-state index in [4.69, 9.17) is 21.1 Å². The summed E-state index contributed by atoms with van der Waals surface area (Å²) in [5.41, 5.74) is 10.8. The van der Waals surface area contributed by atoms with E-state index < -0.39 is 0 Å². The van der Waals surface area contributed by atoms with E-state index in [1.165, 1.54) is 0 Å². The molecule has 74 valence electrons. The molecule has 0 spiro atoms. The van der Waals surface area contributed by atoms with Crippen molar-refractivity contribution < 1.29 is 4.74 Å². The van der Waals surface area contributed by atoms with E-state index in [-0.39, 0.29) is 0 Å². The number of nitrogens with zero attached hydrogens (tertiary/aromatic N) is 1. The molecule has 5 N–H and O–H groups in total. The van der Waals surface area contributed by atoms with Gasteiger partial charge in [-0.15, -0.1) is 0 Å². The number of methoxy groups -OCH3 is 1. The average molecular weight is 192 g/mol. The Hall–Kier alpha value is -2.22. The van der Waals surface area contributed by atoms with Crippen LogP contribution in [-0.2, 0) is 0 Å². The van der Waals surface area contributed by atoms with Crippen molar-refractivity contribution in [2.45, 2.75) is 0 Å². The molecule has 0 saturated carbocycles. The van der Waals surface area contributed by atoms with Gasteiger partial charge in [-0.3, -0.25) is 5.41 Å². The normalized spacial score (nSPS) is 7.71. The van der Waals surface area contributed by atoms with E-state index in [2.05, 4.69) is 5.73 Å². The molecule has 0 atom stereocenters. The maximum atomic E-state index is 8.51. The number of ether oxygens (including phenoxy) is 1. The Morgan fingerprint density at radius 2 is 2.14 bits per heavy atom. The molecule has 5 heteroatoms. The summed E-state index contributed by atoms with van der Waals surface area (Å²) in [4.78, 5) is 0. The minimum Gasteiger partial charge on any atom is -0.497 e. The minimum absolute atomic E-state index is 0.451. The second kappa shape index (κ2) is 6.31. The third-order valence-corrected chi connectivity index (χ3v) is 1.38. The highest BCUT2D eigenvalue weighted by Gasteiger charge is 1.97. The van der Waals surface area contributed by atoms with Crippen LogP contribution >= 0.6 is 0 Å². The van der Waals surface area contributed by atoms with E-state index in [0.29, 0.717) is 17.0 Å². The van der Waals surface area contributed by atoms with Crippen molar-refractivity contribution in [3.8, 4) is 11.8 Å². The Morgan fingerprint density at radius 3 is 2.50 bits per heavy atom. The van der Waals surface area contributed by atoms with Crippen LogP contribution in [0.1, 0.15) is 5.56 Å². The highest BCUT2D eigenvalue weighted by Crippen LogP contribution is 2.18. The summed E-state index contributed by atoms with van der Waals surface area (Å²) in [6.45, 7) is 0. The maximum Gasteiger partial charge on any atom is 0.121 e. The van der Waals surface area contributed by atoms with Gasteiger partial charge in [-0.25, -0.2) is 0 Å². The lowest BCUT2D eigenvalue weighted by Gasteiger charge is -2.00. The van der Waals surface area contributed by atoms with E-state index in [1.54, 1.807) is 25.3 Å². The van der Waals surface area contributed by atoms with Crippen LogP contribution in [0.4, 0.5) is 5.69 Å². The van der Waals surface area contributed by atoms with Crippen LogP contribution in [0.3, 0.4) is 0 Å². The molecule has 14 heavy (non-hydrogen) atoms. The zero-order valence-corrected chi connectivity index (χ0v) is 7.82. The van der Waals surface area contributed by atoms with Gasteiger partial charge in [-0.05, 0) is 12.1 Å². The molecule has 0 amide bonds. The Kier molecular flexibility index (Phi) is 5.31. The summed E-state index contributed by atoms with van der Waals surface area (Å²) in [5.74, 6) is 0.668. The third-order valence-electron chi connectivity index (χ3n) is 1.38. The van der Waals surface area contributed by atoms with Gasteiger partial charge in [0.1, 0.15) is 11.8 Å². The number of nitrogen functional groups attached to an aromatic ring is 1. The van der Waals surface area contributed by atoms with Crippen molar-refractivity contribution in [1.29, 1.82) is 10.7 Å². The fourth-order valence-electron chi connectivity index (χ4n) is 0.770. The number of benzene rings is 1. The average Bonchev–Trinajstić information content (AvgIpc) is 2.19. The molecule has 0 saturated heterocycles. The second-order valence-electron chi connectivity index (χ2n) is 2.23. The first-order valence-electron chi connectivity index (χ1n) is 3.73. The first-order valence-corrected chi connectivity index (χ1v) is 3.73. The van der Waals surface area contributed by atoms with Crippen LogP contribution in [0, 0.1) is 16.7 Å². The topological polar surface area (TPSA) is 109 Å². The van der Waals surface area contributed by atoms with Gasteiger partial charge in [-0.2, -0.15) is 5.26 Å². The molecular weight excluding hydrogens is 180 g/mol. The number of nitrogens with two attached hydrogens (primary N) is 2. The summed E-state index contributed by atoms with van der Waals surface area (Å²) in [6.07, 6.45) is 0.750. The van der Waals surface area contributed by atoms with Crippen LogP contribution in [0.5, 0.6) is 5.75 Å². The highest BCUT2D eigenvalue weighted by molar-refractivity contribution is 5.56. The Bertz CT molecular complexity index is 343. The van der Waals surface area contributed by atoms with Crippen LogP contribution in [-0.4, -0.2) is 13.4 Å². The quantitative estimate of drug-likeness (QED) is 0.345. The summed E-state index contributed by atoms with van der Waals surface area (Å²) in [6, 6.07) is 6.93. The molecule has 0 fully saturated rings. The van der Waals surface area contributed by atoms with Crippen LogP contribution in [0.25, 0.3) is 0 Å². The number of hydrogen-bond acceptors (Lipinski definition) is 4. The Morgan fingerprint density at radius 1 is 1.57 bits per heavy atom. The lowest BCUT2D eigenvalue weighted by atomic mass is 10.2. The Balaban J connectivity index is 0.000000500. The number of rotatable bonds is 1. The van der Waals surface area contributed by atoms with Crippen molar-refractivity contribution >= 4 is 12.0 Å². The SMILES string of the molecule is COc1ccc(C#N)c(N)c1.N=CN. The number of hydrogen-bond donors (Lipinski definition) is 3. The fourth-order valence-corrected chi connectivity index (χ4v) is 0.770. The Labute approximate surface area is 82.4 Å². The van der Waals surface area contributed by atoms with E-state index in [0.717, 1.165) is 6.34 Å². The van der Waals surface area contributed by atoms with Crippen LogP contribution < -0.4 is 16.2 Å². The van der Waals surface area contributed by atoms with E-state index in [1.807, 2.05) is 6.07 Å². The van der Waals surface area contributed by atoms with Gasteiger partial charge in [-0.1, -0.05) is 0 Å². The summed E-state index contributed by atoms with van der Waals surface area (Å²) in [7, 11) is 1.56. The lowest BCUT2D eigenvalue weighted by molar-refractivity contribution is 0.415. The van der Waals surface area contributed by atoms with Gasteiger partial charge >= 0.3 is 0 Å². The van der Waals surface area contributed by atoms with Gasteiger partial charge < -0.3 is 16.2 Å². The van der Waals surface area contributed by atoms with Gasteiger partial charge in [0, 0.05) is 6.07 Å². The maximum absolute atomic E-state index is 8.51. The van der Waals surface area contributed by atoms with Crippen molar-refractivity contribution in [3.63, 3.8) is 0 Å². The number of anilines is 1. The molecule has 0 aliphatic rings. The van der Waals surface area contributed by atoms with Crippen molar-refractivity contribution in [3.05, 3.63) is 23.8 Å². The molecule has 0 aromatic heterocycles. The van der Waals surface area contributed by atoms with Crippen molar-refractivity contribution in [2.24, 2.45) is 5.73 Å². The molecule has 0 aliphatic carbocycles. The third kappa shape index (κ3) is 3.45. The molecule has 1 rings (SSSR count). The highest BCUT2D eigenvalue weighted by atomic mass is 16.5. The predicted molar refractivity (Wildman–Crippen MR) is 55.1 cm³/mol. The summed E-state index contributed by atoms with van der Waals surface area (Å²) < 4.78 is 4.91. The molecule has 0 heterocycles. The zero-order valence-electron chi connectivity index (χ0n) is 7.82. The molecule has 5 nitrogen and oxygen atoms in total. The van der Waals surface area contributed by atoms with Gasteiger partial charge in [0.05, 0.1) is 24.7 Å².